The number of aryl methyl sites for hydroxylation is 1. The molecule has 4 rings (SSSR count). The highest BCUT2D eigenvalue weighted by molar-refractivity contribution is 6.15. The predicted molar refractivity (Wildman–Crippen MR) is 104 cm³/mol. The number of nitrogens with two attached hydrogens (primary N) is 2. The van der Waals surface area contributed by atoms with Gasteiger partial charge in [0.25, 0.3) is 0 Å². The molecule has 2 heterocycles. The molecule has 2 aromatic heterocycles. The van der Waals surface area contributed by atoms with Crippen LogP contribution in [0.1, 0.15) is 0 Å². The van der Waals surface area contributed by atoms with Gasteiger partial charge in [0, 0.05) is 35.8 Å². The van der Waals surface area contributed by atoms with Gasteiger partial charge in [0.05, 0.1) is 16.4 Å². The average molecular weight is 439 g/mol. The second kappa shape index (κ2) is 7.70. The molecule has 0 saturated heterocycles. The molecular formula is C19H14F5N5O2. The third kappa shape index (κ3) is 4.17. The third-order valence-corrected chi connectivity index (χ3v) is 4.32. The summed E-state index contributed by atoms with van der Waals surface area (Å²) < 4.78 is 61.2. The van der Waals surface area contributed by atoms with Crippen LogP contribution in [-0.2, 0) is 11.8 Å². The van der Waals surface area contributed by atoms with E-state index < -0.39 is 23.8 Å². The van der Waals surface area contributed by atoms with Crippen LogP contribution >= 0.6 is 0 Å². The Morgan fingerprint density at radius 2 is 1.71 bits per heavy atom. The molecule has 0 amide bonds. The normalized spacial score (nSPS) is 11.4. The molecule has 4 aromatic rings. The molecule has 0 aliphatic carbocycles. The summed E-state index contributed by atoms with van der Waals surface area (Å²) in [6.45, 7) is 0. The minimum atomic E-state index is -5.08. The molecule has 0 atom stereocenters. The Morgan fingerprint density at radius 3 is 2.29 bits per heavy atom. The van der Waals surface area contributed by atoms with E-state index in [4.69, 9.17) is 21.4 Å². The molecular weight excluding hydrogens is 425 g/mol. The van der Waals surface area contributed by atoms with Gasteiger partial charge in [0.15, 0.2) is 0 Å². The number of hydrogen-bond donors (Lipinski definition) is 3. The summed E-state index contributed by atoms with van der Waals surface area (Å²) in [6.07, 6.45) is -3.25. The smallest absolute Gasteiger partial charge is 0.475 e. The van der Waals surface area contributed by atoms with Crippen LogP contribution in [0.5, 0.6) is 0 Å². The van der Waals surface area contributed by atoms with E-state index in [1.807, 2.05) is 23.9 Å². The number of alkyl halides is 3. The van der Waals surface area contributed by atoms with Crippen molar-refractivity contribution in [3.8, 4) is 11.1 Å². The fourth-order valence-corrected chi connectivity index (χ4v) is 3.08. The maximum absolute atomic E-state index is 14.3. The van der Waals surface area contributed by atoms with E-state index >= 15 is 0 Å². The maximum Gasteiger partial charge on any atom is 0.490 e. The largest absolute Gasteiger partial charge is 0.490 e. The van der Waals surface area contributed by atoms with E-state index in [0.717, 1.165) is 17.0 Å². The van der Waals surface area contributed by atoms with Gasteiger partial charge in [0.1, 0.15) is 17.5 Å². The van der Waals surface area contributed by atoms with Crippen molar-refractivity contribution >= 4 is 39.5 Å². The van der Waals surface area contributed by atoms with Gasteiger partial charge in [-0.15, -0.1) is 0 Å². The summed E-state index contributed by atoms with van der Waals surface area (Å²) in [5.74, 6) is -3.73. The number of aromatic nitrogens is 3. The van der Waals surface area contributed by atoms with Crippen molar-refractivity contribution < 1.29 is 31.9 Å². The quantitative estimate of drug-likeness (QED) is 0.388. The number of carboxylic acid groups (broad SMARTS) is 1. The van der Waals surface area contributed by atoms with Crippen molar-refractivity contribution in [2.24, 2.45) is 7.05 Å². The van der Waals surface area contributed by atoms with Crippen LogP contribution in [0, 0.1) is 11.6 Å². The van der Waals surface area contributed by atoms with Gasteiger partial charge in [-0.3, -0.25) is 0 Å². The number of carbonyl (C=O) groups is 1. The van der Waals surface area contributed by atoms with Gasteiger partial charge in [-0.2, -0.15) is 18.2 Å². The lowest BCUT2D eigenvalue weighted by atomic mass is 9.99. The number of benzene rings is 2. The van der Waals surface area contributed by atoms with Crippen LogP contribution in [-0.4, -0.2) is 31.8 Å². The first-order chi connectivity index (χ1) is 14.4. The summed E-state index contributed by atoms with van der Waals surface area (Å²) >= 11 is 0. The summed E-state index contributed by atoms with van der Waals surface area (Å²) in [7, 11) is 1.84. The minimum absolute atomic E-state index is 0.0424. The van der Waals surface area contributed by atoms with Crippen molar-refractivity contribution in [3.05, 3.63) is 48.2 Å². The molecule has 162 valence electrons. The van der Waals surface area contributed by atoms with Gasteiger partial charge >= 0.3 is 12.1 Å². The van der Waals surface area contributed by atoms with Crippen molar-refractivity contribution in [3.63, 3.8) is 0 Å². The van der Waals surface area contributed by atoms with Gasteiger partial charge in [-0.25, -0.2) is 18.6 Å². The zero-order valence-corrected chi connectivity index (χ0v) is 15.7. The molecule has 2 aromatic carbocycles. The maximum atomic E-state index is 14.3. The van der Waals surface area contributed by atoms with E-state index in [9.17, 15) is 22.0 Å². The summed E-state index contributed by atoms with van der Waals surface area (Å²) in [5.41, 5.74) is 13.8. The summed E-state index contributed by atoms with van der Waals surface area (Å²) in [5, 5.41) is 8.57. The van der Waals surface area contributed by atoms with Crippen LogP contribution in [0.25, 0.3) is 32.9 Å². The molecule has 31 heavy (non-hydrogen) atoms. The Bertz CT molecular complexity index is 1320. The molecule has 0 fully saturated rings. The van der Waals surface area contributed by atoms with Gasteiger partial charge in [-0.1, -0.05) is 0 Å². The average Bonchev–Trinajstić information content (AvgIpc) is 3.02. The van der Waals surface area contributed by atoms with Crippen molar-refractivity contribution in [1.29, 1.82) is 0 Å². The SMILES string of the molecule is Cn1ccc2c3c(N)nc(N)nc3cc(-c3ccc(F)cc3F)c21.O=C(O)C(F)(F)F. The lowest BCUT2D eigenvalue weighted by Gasteiger charge is -2.12. The van der Waals surface area contributed by atoms with Crippen molar-refractivity contribution in [2.45, 2.75) is 6.18 Å². The monoisotopic (exact) mass is 439 g/mol. The fourth-order valence-electron chi connectivity index (χ4n) is 3.08. The van der Waals surface area contributed by atoms with E-state index in [-0.39, 0.29) is 17.3 Å². The number of carboxylic acids is 1. The molecule has 7 nitrogen and oxygen atoms in total. The topological polar surface area (TPSA) is 120 Å². The zero-order chi connectivity index (χ0) is 23.1. The van der Waals surface area contributed by atoms with Crippen molar-refractivity contribution in [2.75, 3.05) is 11.5 Å². The molecule has 0 spiro atoms. The number of anilines is 2. The second-order valence-electron chi connectivity index (χ2n) is 6.40. The zero-order valence-electron chi connectivity index (χ0n) is 15.7. The molecule has 0 bridgehead atoms. The minimum Gasteiger partial charge on any atom is -0.475 e. The number of aliphatic carboxylic acids is 1. The Morgan fingerprint density at radius 1 is 1.06 bits per heavy atom. The van der Waals surface area contributed by atoms with Gasteiger partial charge < -0.3 is 21.1 Å². The second-order valence-corrected chi connectivity index (χ2v) is 6.40. The van der Waals surface area contributed by atoms with Crippen LogP contribution in [0.2, 0.25) is 0 Å². The molecule has 0 saturated carbocycles. The molecule has 12 heteroatoms. The Balaban J connectivity index is 0.000000339. The van der Waals surface area contributed by atoms with Crippen LogP contribution in [0.3, 0.4) is 0 Å². The van der Waals surface area contributed by atoms with E-state index in [2.05, 4.69) is 9.97 Å². The Labute approximate surface area is 170 Å². The number of fused-ring (bicyclic) bond motifs is 3. The first-order valence-electron chi connectivity index (χ1n) is 8.46. The van der Waals surface area contributed by atoms with E-state index in [0.29, 0.717) is 16.5 Å². The molecule has 0 aliphatic rings. The Kier molecular flexibility index (Phi) is 5.40. The number of hydrogen-bond acceptors (Lipinski definition) is 5. The van der Waals surface area contributed by atoms with Crippen molar-refractivity contribution in [1.82, 2.24) is 14.5 Å². The van der Waals surface area contributed by atoms with Gasteiger partial charge in [-0.05, 0) is 24.3 Å². The number of halogens is 5. The fraction of sp³-hybridized carbons (Fsp3) is 0.105. The molecule has 0 unspecified atom stereocenters. The lowest BCUT2D eigenvalue weighted by molar-refractivity contribution is -0.192. The summed E-state index contributed by atoms with van der Waals surface area (Å²) in [6, 6.07) is 7.05. The van der Waals surface area contributed by atoms with Crippen LogP contribution < -0.4 is 11.5 Å². The number of rotatable bonds is 1. The third-order valence-electron chi connectivity index (χ3n) is 4.32. The van der Waals surface area contributed by atoms with Gasteiger partial charge in [0.2, 0.25) is 5.95 Å². The first kappa shape index (κ1) is 21.7. The first-order valence-corrected chi connectivity index (χ1v) is 8.46. The number of nitrogen functional groups attached to an aromatic ring is 2. The molecule has 0 radical (unpaired) electrons. The predicted octanol–water partition coefficient (Wildman–Crippen LogP) is 3.86. The summed E-state index contributed by atoms with van der Waals surface area (Å²) in [4.78, 5) is 17.1. The van der Waals surface area contributed by atoms with E-state index in [1.165, 1.54) is 12.1 Å². The lowest BCUT2D eigenvalue weighted by Crippen LogP contribution is -2.21. The highest BCUT2D eigenvalue weighted by Crippen LogP contribution is 2.37. The molecule has 5 N–H and O–H groups in total. The highest BCUT2D eigenvalue weighted by atomic mass is 19.4. The van der Waals surface area contributed by atoms with Crippen LogP contribution in [0.15, 0.2) is 36.5 Å². The van der Waals surface area contributed by atoms with Crippen LogP contribution in [0.4, 0.5) is 33.7 Å². The number of nitrogens with zero attached hydrogens (tertiary/aromatic N) is 3. The Hall–Kier alpha value is -3.96. The highest BCUT2D eigenvalue weighted by Gasteiger charge is 2.38. The standard InChI is InChI=1S/C17H13F2N5.C2HF3O2/c1-24-5-4-10-14-13(22-17(21)23-16(14)20)7-11(15(10)24)9-3-2-8(18)6-12(9)19;3-2(4,5)1(6)7/h2-7H,1H3,(H4,20,21,22,23);(H,6,7). The van der Waals surface area contributed by atoms with E-state index in [1.54, 1.807) is 6.07 Å². The molecule has 0 aliphatic heterocycles.